The first-order valence-corrected chi connectivity index (χ1v) is 9.40. The Morgan fingerprint density at radius 2 is 1.58 bits per heavy atom. The summed E-state index contributed by atoms with van der Waals surface area (Å²) < 4.78 is 5.24. The van der Waals surface area contributed by atoms with Crippen LogP contribution in [0.3, 0.4) is 0 Å². The molecule has 0 bridgehead atoms. The number of quaternary nitrogens is 1. The van der Waals surface area contributed by atoms with Crippen LogP contribution in [-0.4, -0.2) is 32.9 Å². The molecule has 0 amide bonds. The van der Waals surface area contributed by atoms with Crippen LogP contribution < -0.4 is 20.3 Å². The Balaban J connectivity index is 1.94. The van der Waals surface area contributed by atoms with Crippen molar-refractivity contribution in [1.29, 1.82) is 0 Å². The van der Waals surface area contributed by atoms with Crippen molar-refractivity contribution < 1.29 is 9.64 Å². The summed E-state index contributed by atoms with van der Waals surface area (Å²) in [5.41, 5.74) is 3.58. The minimum atomic E-state index is 0.295. The van der Waals surface area contributed by atoms with Crippen molar-refractivity contribution in [1.82, 2.24) is 5.32 Å². The van der Waals surface area contributed by atoms with Crippen molar-refractivity contribution in [2.24, 2.45) is 0 Å². The zero-order chi connectivity index (χ0) is 19.1. The van der Waals surface area contributed by atoms with Gasteiger partial charge < -0.3 is 20.3 Å². The zero-order valence-electron chi connectivity index (χ0n) is 16.3. The molecule has 2 aromatic carbocycles. The highest BCUT2D eigenvalue weighted by Gasteiger charge is 2.18. The Hall–Kier alpha value is -2.11. The van der Waals surface area contributed by atoms with Crippen LogP contribution in [0.15, 0.2) is 48.5 Å². The molecule has 2 rings (SSSR count). The number of methoxy groups -OCH3 is 1. The van der Waals surface area contributed by atoms with E-state index in [0.717, 1.165) is 18.0 Å². The molecule has 0 radical (unpaired) electrons. The van der Waals surface area contributed by atoms with Crippen LogP contribution in [-0.2, 0) is 0 Å². The quantitative estimate of drug-likeness (QED) is 0.653. The van der Waals surface area contributed by atoms with E-state index in [1.165, 1.54) is 16.0 Å². The standard InChI is InChI=1S/C21H29N3OS/c1-15(2)16-6-10-18(11-7-16)23-21(26)22-14-20(24(3)4)17-8-12-19(25-5)13-9-17/h6-13,15,20H,14H2,1-5H3,(H2,22,23,26)/p+1/t20-/m0/s1. The summed E-state index contributed by atoms with van der Waals surface area (Å²) in [7, 11) is 5.98. The van der Waals surface area contributed by atoms with Gasteiger partial charge in [-0.25, -0.2) is 0 Å². The highest BCUT2D eigenvalue weighted by Crippen LogP contribution is 2.17. The van der Waals surface area contributed by atoms with Crippen molar-refractivity contribution in [3.8, 4) is 5.75 Å². The van der Waals surface area contributed by atoms with E-state index in [-0.39, 0.29) is 0 Å². The van der Waals surface area contributed by atoms with Gasteiger partial charge >= 0.3 is 0 Å². The third-order valence-corrected chi connectivity index (χ3v) is 4.76. The fourth-order valence-electron chi connectivity index (χ4n) is 2.81. The molecule has 0 heterocycles. The van der Waals surface area contributed by atoms with E-state index in [4.69, 9.17) is 17.0 Å². The molecule has 4 nitrogen and oxygen atoms in total. The van der Waals surface area contributed by atoms with Crippen molar-refractivity contribution >= 4 is 23.0 Å². The van der Waals surface area contributed by atoms with Crippen LogP contribution >= 0.6 is 12.2 Å². The number of benzene rings is 2. The second kappa shape index (κ2) is 9.55. The molecule has 5 heteroatoms. The van der Waals surface area contributed by atoms with Gasteiger partial charge in [0.05, 0.1) is 27.7 Å². The second-order valence-electron chi connectivity index (χ2n) is 7.01. The fraction of sp³-hybridized carbons (Fsp3) is 0.381. The normalized spacial score (nSPS) is 12.1. The van der Waals surface area contributed by atoms with Gasteiger partial charge in [0.15, 0.2) is 5.11 Å². The predicted octanol–water partition coefficient (Wildman–Crippen LogP) is 2.99. The lowest BCUT2D eigenvalue weighted by atomic mass is 10.0. The second-order valence-corrected chi connectivity index (χ2v) is 7.42. The van der Waals surface area contributed by atoms with Gasteiger partial charge in [-0.15, -0.1) is 0 Å². The van der Waals surface area contributed by atoms with E-state index in [9.17, 15) is 0 Å². The van der Waals surface area contributed by atoms with Gasteiger partial charge in [0.2, 0.25) is 0 Å². The Labute approximate surface area is 162 Å². The Morgan fingerprint density at radius 3 is 2.08 bits per heavy atom. The number of hydrogen-bond donors (Lipinski definition) is 3. The molecule has 0 aliphatic heterocycles. The van der Waals surface area contributed by atoms with Crippen LogP contribution in [0.5, 0.6) is 5.75 Å². The van der Waals surface area contributed by atoms with E-state index in [2.05, 4.69) is 75.0 Å². The molecule has 0 aromatic heterocycles. The summed E-state index contributed by atoms with van der Waals surface area (Å²) in [4.78, 5) is 1.34. The number of nitrogens with one attached hydrogen (secondary N) is 3. The number of likely N-dealkylation sites (N-methyl/N-ethyl adjacent to an activating group) is 1. The fourth-order valence-corrected chi connectivity index (χ4v) is 3.01. The smallest absolute Gasteiger partial charge is 0.171 e. The van der Waals surface area contributed by atoms with Crippen LogP contribution in [0.2, 0.25) is 0 Å². The summed E-state index contributed by atoms with van der Waals surface area (Å²) in [6.07, 6.45) is 0. The lowest BCUT2D eigenvalue weighted by molar-refractivity contribution is -0.890. The van der Waals surface area contributed by atoms with Crippen molar-refractivity contribution in [3.05, 3.63) is 59.7 Å². The Bertz CT molecular complexity index is 696. The SMILES string of the molecule is COc1ccc([C@H](CNC(=S)Nc2ccc(C(C)C)cc2)[NH+](C)C)cc1. The molecule has 1 atom stereocenters. The number of thiocarbonyl (C=S) groups is 1. The lowest BCUT2D eigenvalue weighted by Gasteiger charge is -2.23. The molecule has 0 fully saturated rings. The first-order valence-electron chi connectivity index (χ1n) is 8.99. The lowest BCUT2D eigenvalue weighted by Crippen LogP contribution is -3.07. The van der Waals surface area contributed by atoms with Gasteiger partial charge in [0, 0.05) is 11.3 Å². The minimum Gasteiger partial charge on any atom is -0.497 e. The summed E-state index contributed by atoms with van der Waals surface area (Å²) in [5.74, 6) is 1.40. The Kier molecular flexibility index (Phi) is 7.42. The van der Waals surface area contributed by atoms with Gasteiger partial charge in [0.1, 0.15) is 11.8 Å². The molecule has 0 unspecified atom stereocenters. The molecule has 140 valence electrons. The molecule has 0 aliphatic carbocycles. The van der Waals surface area contributed by atoms with E-state index in [1.807, 2.05) is 12.1 Å². The molecule has 2 aromatic rings. The molecule has 0 saturated carbocycles. The van der Waals surface area contributed by atoms with E-state index < -0.39 is 0 Å². The maximum absolute atomic E-state index is 5.46. The largest absolute Gasteiger partial charge is 0.497 e. The average molecular weight is 373 g/mol. The summed E-state index contributed by atoms with van der Waals surface area (Å²) >= 11 is 5.46. The van der Waals surface area contributed by atoms with E-state index >= 15 is 0 Å². The highest BCUT2D eigenvalue weighted by atomic mass is 32.1. The van der Waals surface area contributed by atoms with Gasteiger partial charge in [-0.3, -0.25) is 0 Å². The van der Waals surface area contributed by atoms with Gasteiger partial charge in [-0.2, -0.15) is 0 Å². The van der Waals surface area contributed by atoms with E-state index in [0.29, 0.717) is 17.1 Å². The van der Waals surface area contributed by atoms with Gasteiger partial charge in [0.25, 0.3) is 0 Å². The summed E-state index contributed by atoms with van der Waals surface area (Å²) in [5, 5.41) is 7.25. The molecular formula is C21H30N3OS+. The average Bonchev–Trinajstić information content (AvgIpc) is 2.62. The topological polar surface area (TPSA) is 37.7 Å². The number of ether oxygens (including phenoxy) is 1. The van der Waals surface area contributed by atoms with Gasteiger partial charge in [-0.1, -0.05) is 26.0 Å². The van der Waals surface area contributed by atoms with Gasteiger partial charge in [-0.05, 0) is 60.1 Å². The number of anilines is 1. The Morgan fingerprint density at radius 1 is 1.00 bits per heavy atom. The summed E-state index contributed by atoms with van der Waals surface area (Å²) in [6.45, 7) is 5.14. The number of hydrogen-bond acceptors (Lipinski definition) is 2. The van der Waals surface area contributed by atoms with Crippen molar-refractivity contribution in [3.63, 3.8) is 0 Å². The van der Waals surface area contributed by atoms with E-state index in [1.54, 1.807) is 7.11 Å². The third-order valence-electron chi connectivity index (χ3n) is 4.52. The first kappa shape index (κ1) is 20.2. The maximum atomic E-state index is 5.46. The predicted molar refractivity (Wildman–Crippen MR) is 113 cm³/mol. The molecule has 0 saturated heterocycles. The highest BCUT2D eigenvalue weighted by molar-refractivity contribution is 7.80. The van der Waals surface area contributed by atoms with Crippen molar-refractivity contribution in [2.75, 3.05) is 33.1 Å². The first-order chi connectivity index (χ1) is 12.4. The molecule has 3 N–H and O–H groups in total. The third kappa shape index (κ3) is 5.71. The minimum absolute atomic E-state index is 0.295. The van der Waals surface area contributed by atoms with Crippen molar-refractivity contribution in [2.45, 2.75) is 25.8 Å². The molecule has 0 aliphatic rings. The molecule has 26 heavy (non-hydrogen) atoms. The molecular weight excluding hydrogens is 342 g/mol. The van der Waals surface area contributed by atoms with Crippen LogP contribution in [0.25, 0.3) is 0 Å². The number of rotatable bonds is 7. The monoisotopic (exact) mass is 372 g/mol. The van der Waals surface area contributed by atoms with Crippen LogP contribution in [0.1, 0.15) is 36.9 Å². The zero-order valence-corrected chi connectivity index (χ0v) is 17.1. The maximum Gasteiger partial charge on any atom is 0.171 e. The summed E-state index contributed by atoms with van der Waals surface area (Å²) in [6, 6.07) is 16.9. The molecule has 0 spiro atoms. The van der Waals surface area contributed by atoms with Crippen LogP contribution in [0.4, 0.5) is 5.69 Å². The van der Waals surface area contributed by atoms with Crippen LogP contribution in [0, 0.1) is 0 Å².